The molecule has 0 atom stereocenters. The maximum absolute atomic E-state index is 3.99. The molecule has 0 aliphatic carbocycles. The number of benzene rings is 1. The van der Waals surface area contributed by atoms with Crippen molar-refractivity contribution in [1.29, 1.82) is 0 Å². The van der Waals surface area contributed by atoms with Crippen LogP contribution in [0.1, 0.15) is 5.56 Å². The van der Waals surface area contributed by atoms with E-state index in [1.807, 2.05) is 25.1 Å². The molecule has 0 heterocycles. The van der Waals surface area contributed by atoms with E-state index in [0.29, 0.717) is 0 Å². The van der Waals surface area contributed by atoms with Crippen LogP contribution in [-0.2, 0) is 0 Å². The zero-order valence-electron chi connectivity index (χ0n) is 5.97. The zero-order chi connectivity index (χ0) is 8.27. The SMILES string of the molecule is Cc1ccc(N=C=[Se])c(Br)c1. The normalized spacial score (nSPS) is 8.91. The summed E-state index contributed by atoms with van der Waals surface area (Å²) < 4.78 is 3.61. The Bertz CT molecular complexity index is 316. The van der Waals surface area contributed by atoms with Crippen LogP contribution in [0.4, 0.5) is 5.69 Å². The molecular formula is C8H6BrNSe. The van der Waals surface area contributed by atoms with Gasteiger partial charge < -0.3 is 0 Å². The van der Waals surface area contributed by atoms with Crippen molar-refractivity contribution in [1.82, 2.24) is 0 Å². The van der Waals surface area contributed by atoms with Gasteiger partial charge in [-0.1, -0.05) is 0 Å². The van der Waals surface area contributed by atoms with Crippen LogP contribution in [0.5, 0.6) is 0 Å². The first kappa shape index (κ1) is 8.89. The van der Waals surface area contributed by atoms with Crippen LogP contribution in [0.2, 0.25) is 0 Å². The second-order valence-electron chi connectivity index (χ2n) is 2.16. The molecule has 0 saturated heterocycles. The van der Waals surface area contributed by atoms with Crippen molar-refractivity contribution in [2.75, 3.05) is 0 Å². The summed E-state index contributed by atoms with van der Waals surface area (Å²) >= 11 is 6.00. The third kappa shape index (κ3) is 2.39. The molecule has 0 unspecified atom stereocenters. The number of aryl methyl sites for hydroxylation is 1. The Hall–Kier alpha value is -0.201. The molecule has 0 aromatic heterocycles. The fourth-order valence-corrected chi connectivity index (χ4v) is 1.54. The van der Waals surface area contributed by atoms with Gasteiger partial charge in [0.25, 0.3) is 0 Å². The molecule has 0 spiro atoms. The number of nitrogens with zero attached hydrogens (tertiary/aromatic N) is 1. The van der Waals surface area contributed by atoms with Gasteiger partial charge in [0.15, 0.2) is 0 Å². The number of aliphatic imine (C=N–C) groups is 1. The predicted molar refractivity (Wildman–Crippen MR) is 51.7 cm³/mol. The molecule has 11 heavy (non-hydrogen) atoms. The topological polar surface area (TPSA) is 12.4 Å². The molecular weight excluding hydrogens is 269 g/mol. The first-order valence-corrected chi connectivity index (χ1v) is 4.73. The van der Waals surface area contributed by atoms with Crippen LogP contribution in [0.3, 0.4) is 0 Å². The van der Waals surface area contributed by atoms with Gasteiger partial charge in [0.2, 0.25) is 0 Å². The fraction of sp³-hybridized carbons (Fsp3) is 0.125. The summed E-state index contributed by atoms with van der Waals surface area (Å²) in [5.74, 6) is 0. The van der Waals surface area contributed by atoms with Gasteiger partial charge in [0.05, 0.1) is 0 Å². The molecule has 0 saturated carbocycles. The molecule has 0 N–H and O–H groups in total. The summed E-state index contributed by atoms with van der Waals surface area (Å²) in [5, 5.41) is 0. The number of hydrogen-bond donors (Lipinski definition) is 0. The van der Waals surface area contributed by atoms with Crippen molar-refractivity contribution in [3.63, 3.8) is 0 Å². The van der Waals surface area contributed by atoms with Crippen LogP contribution in [0.25, 0.3) is 0 Å². The molecule has 0 amide bonds. The van der Waals surface area contributed by atoms with Gasteiger partial charge in [-0.3, -0.25) is 0 Å². The second kappa shape index (κ2) is 3.98. The standard InChI is InChI=1S/C8H6BrNSe/c1-6-2-3-8(10-5-11)7(9)4-6/h2-4H,1H3. The van der Waals surface area contributed by atoms with Crippen molar-refractivity contribution in [2.45, 2.75) is 6.92 Å². The quantitative estimate of drug-likeness (QED) is 0.551. The van der Waals surface area contributed by atoms with E-state index in [2.05, 4.69) is 41.2 Å². The minimum atomic E-state index is 0.898. The van der Waals surface area contributed by atoms with E-state index < -0.39 is 0 Å². The van der Waals surface area contributed by atoms with E-state index in [9.17, 15) is 0 Å². The van der Waals surface area contributed by atoms with Gasteiger partial charge in [-0.2, -0.15) is 0 Å². The Morgan fingerprint density at radius 3 is 2.82 bits per heavy atom. The molecule has 1 nitrogen and oxygen atoms in total. The maximum atomic E-state index is 3.99. The summed E-state index contributed by atoms with van der Waals surface area (Å²) in [6, 6.07) is 5.99. The molecule has 1 rings (SSSR count). The molecule has 0 bridgehead atoms. The summed E-state index contributed by atoms with van der Waals surface area (Å²) in [5.41, 5.74) is 2.12. The van der Waals surface area contributed by atoms with E-state index in [4.69, 9.17) is 0 Å². The van der Waals surface area contributed by atoms with Gasteiger partial charge >= 0.3 is 82.1 Å². The van der Waals surface area contributed by atoms with Crippen LogP contribution in [0, 0.1) is 6.92 Å². The monoisotopic (exact) mass is 275 g/mol. The van der Waals surface area contributed by atoms with Gasteiger partial charge in [-0.05, 0) is 0 Å². The van der Waals surface area contributed by atoms with E-state index in [-0.39, 0.29) is 0 Å². The van der Waals surface area contributed by atoms with Crippen molar-refractivity contribution in [3.8, 4) is 0 Å². The van der Waals surface area contributed by atoms with Crippen molar-refractivity contribution < 1.29 is 0 Å². The van der Waals surface area contributed by atoms with Crippen molar-refractivity contribution in [3.05, 3.63) is 28.2 Å². The van der Waals surface area contributed by atoms with Crippen LogP contribution in [0.15, 0.2) is 27.7 Å². The minimum absolute atomic E-state index is 0.898. The van der Waals surface area contributed by atoms with Gasteiger partial charge in [0.1, 0.15) is 0 Å². The van der Waals surface area contributed by atoms with E-state index >= 15 is 0 Å². The number of hydrogen-bond acceptors (Lipinski definition) is 1. The molecule has 3 heteroatoms. The van der Waals surface area contributed by atoms with Gasteiger partial charge in [-0.15, -0.1) is 0 Å². The molecule has 0 aliphatic rings. The Balaban J connectivity index is 3.19. The summed E-state index contributed by atoms with van der Waals surface area (Å²) in [4.78, 5) is 3.99. The predicted octanol–water partition coefficient (Wildman–Crippen LogP) is 2.46. The summed E-state index contributed by atoms with van der Waals surface area (Å²) in [6.45, 7) is 2.04. The summed E-state index contributed by atoms with van der Waals surface area (Å²) in [6.07, 6.45) is 0. The third-order valence-electron chi connectivity index (χ3n) is 1.27. The molecule has 1 aromatic carbocycles. The Labute approximate surface area is 82.0 Å². The van der Waals surface area contributed by atoms with Crippen molar-refractivity contribution in [2.24, 2.45) is 4.99 Å². The van der Waals surface area contributed by atoms with E-state index in [0.717, 1.165) is 10.2 Å². The first-order valence-electron chi connectivity index (χ1n) is 3.08. The van der Waals surface area contributed by atoms with E-state index in [1.54, 1.807) is 0 Å². The average Bonchev–Trinajstić information content (AvgIpc) is 1.95. The Kier molecular flexibility index (Phi) is 3.22. The Morgan fingerprint density at radius 1 is 1.55 bits per heavy atom. The van der Waals surface area contributed by atoms with Crippen LogP contribution in [-0.4, -0.2) is 20.3 Å². The van der Waals surface area contributed by atoms with E-state index in [1.165, 1.54) is 5.56 Å². The Morgan fingerprint density at radius 2 is 2.27 bits per heavy atom. The van der Waals surface area contributed by atoms with Gasteiger partial charge in [0, 0.05) is 0 Å². The molecule has 0 radical (unpaired) electrons. The third-order valence-corrected chi connectivity index (χ3v) is 2.10. The first-order chi connectivity index (χ1) is 5.24. The fourth-order valence-electron chi connectivity index (χ4n) is 0.752. The molecule has 0 fully saturated rings. The molecule has 1 aromatic rings. The van der Waals surface area contributed by atoms with Crippen LogP contribution < -0.4 is 0 Å². The van der Waals surface area contributed by atoms with Crippen LogP contribution >= 0.6 is 15.9 Å². The number of rotatable bonds is 1. The average molecular weight is 275 g/mol. The zero-order valence-corrected chi connectivity index (χ0v) is 9.26. The molecule has 56 valence electrons. The molecule has 0 aliphatic heterocycles. The second-order valence-corrected chi connectivity index (χ2v) is 3.40. The summed E-state index contributed by atoms with van der Waals surface area (Å²) in [7, 11) is 0. The van der Waals surface area contributed by atoms with Crippen molar-refractivity contribution >= 4 is 41.9 Å². The van der Waals surface area contributed by atoms with Gasteiger partial charge in [-0.25, -0.2) is 0 Å². The number of halogens is 1.